The Kier molecular flexibility index (Phi) is 5.91. The summed E-state index contributed by atoms with van der Waals surface area (Å²) in [5.74, 6) is 0.728. The minimum absolute atomic E-state index is 0.0616. The summed E-state index contributed by atoms with van der Waals surface area (Å²) >= 11 is 0. The van der Waals surface area contributed by atoms with Crippen molar-refractivity contribution in [3.8, 4) is 5.75 Å². The van der Waals surface area contributed by atoms with Crippen LogP contribution in [-0.2, 0) is 4.79 Å². The van der Waals surface area contributed by atoms with Crippen LogP contribution in [0, 0.1) is 0 Å². The van der Waals surface area contributed by atoms with Crippen molar-refractivity contribution in [1.82, 2.24) is 10.3 Å². The molecule has 1 aliphatic rings. The molecule has 0 saturated heterocycles. The molecular weight excluding hydrogens is 374 g/mol. The Morgan fingerprint density at radius 2 is 1.93 bits per heavy atom. The summed E-state index contributed by atoms with van der Waals surface area (Å²) in [6.07, 6.45) is 2.40. The Balaban J connectivity index is 1.65. The fourth-order valence-corrected chi connectivity index (χ4v) is 3.73. The number of rotatable bonds is 7. The van der Waals surface area contributed by atoms with Crippen LogP contribution < -0.4 is 10.1 Å². The first-order chi connectivity index (χ1) is 14.7. The summed E-state index contributed by atoms with van der Waals surface area (Å²) in [6, 6.07) is 22.3. The van der Waals surface area contributed by atoms with E-state index in [0.717, 1.165) is 28.0 Å². The van der Waals surface area contributed by atoms with E-state index in [-0.39, 0.29) is 18.5 Å². The van der Waals surface area contributed by atoms with Gasteiger partial charge in [0.2, 0.25) is 0 Å². The van der Waals surface area contributed by atoms with Crippen molar-refractivity contribution < 1.29 is 9.53 Å². The zero-order valence-corrected chi connectivity index (χ0v) is 17.0. The van der Waals surface area contributed by atoms with Crippen LogP contribution in [0.2, 0.25) is 0 Å². The lowest BCUT2D eigenvalue weighted by Gasteiger charge is -2.22. The smallest absolute Gasteiger partial charge is 0.257 e. The number of carbonyl (C=O) groups is 1. The molecule has 0 saturated carbocycles. The van der Waals surface area contributed by atoms with E-state index in [1.807, 2.05) is 36.4 Å². The molecule has 152 valence electrons. The first kappa shape index (κ1) is 19.9. The number of ether oxygens (including phenoxy) is 1. The standard InChI is InChI=1S/C25H25N3O2/c1-3-14-26-17-25(29)28-24(19-10-12-22(30-2)13-11-19)16-23(27-28)21-9-8-18-6-4-5-7-20(18)15-21/h3-13,15,24,26H,1,14,16-17H2,2H3/t24-/m0/s1. The number of methoxy groups -OCH3 is 1. The largest absolute Gasteiger partial charge is 0.497 e. The molecular formula is C25H25N3O2. The summed E-state index contributed by atoms with van der Waals surface area (Å²) in [7, 11) is 1.65. The van der Waals surface area contributed by atoms with E-state index < -0.39 is 0 Å². The molecule has 5 heteroatoms. The van der Waals surface area contributed by atoms with E-state index in [1.165, 1.54) is 5.39 Å². The number of hydrogen-bond acceptors (Lipinski definition) is 4. The molecule has 30 heavy (non-hydrogen) atoms. The highest BCUT2D eigenvalue weighted by Gasteiger charge is 2.32. The predicted octanol–water partition coefficient (Wildman–Crippen LogP) is 4.30. The van der Waals surface area contributed by atoms with Gasteiger partial charge in [-0.1, -0.05) is 54.6 Å². The van der Waals surface area contributed by atoms with Gasteiger partial charge in [-0.2, -0.15) is 5.10 Å². The van der Waals surface area contributed by atoms with Gasteiger partial charge in [-0.15, -0.1) is 6.58 Å². The number of benzene rings is 3. The number of carbonyl (C=O) groups excluding carboxylic acids is 1. The molecule has 4 rings (SSSR count). The summed E-state index contributed by atoms with van der Waals surface area (Å²) in [5, 5.41) is 11.8. The minimum Gasteiger partial charge on any atom is -0.497 e. The Hall–Kier alpha value is -3.44. The Morgan fingerprint density at radius 3 is 2.67 bits per heavy atom. The lowest BCUT2D eigenvalue weighted by molar-refractivity contribution is -0.132. The maximum Gasteiger partial charge on any atom is 0.257 e. The first-order valence-corrected chi connectivity index (χ1v) is 10.0. The third kappa shape index (κ3) is 4.11. The van der Waals surface area contributed by atoms with Crippen LogP contribution in [0.15, 0.2) is 84.5 Å². The zero-order chi connectivity index (χ0) is 20.9. The molecule has 5 nitrogen and oxygen atoms in total. The quantitative estimate of drug-likeness (QED) is 0.476. The molecule has 0 fully saturated rings. The van der Waals surface area contributed by atoms with Crippen molar-refractivity contribution in [2.24, 2.45) is 5.10 Å². The number of fused-ring (bicyclic) bond motifs is 1. The second kappa shape index (κ2) is 8.93. The van der Waals surface area contributed by atoms with E-state index in [9.17, 15) is 4.79 Å². The first-order valence-electron chi connectivity index (χ1n) is 10.0. The van der Waals surface area contributed by atoms with E-state index in [1.54, 1.807) is 18.2 Å². The third-order valence-corrected chi connectivity index (χ3v) is 5.31. The lowest BCUT2D eigenvalue weighted by atomic mass is 9.97. The van der Waals surface area contributed by atoms with Crippen molar-refractivity contribution in [2.45, 2.75) is 12.5 Å². The highest BCUT2D eigenvalue weighted by molar-refractivity contribution is 6.05. The van der Waals surface area contributed by atoms with Crippen LogP contribution in [0.4, 0.5) is 0 Å². The number of nitrogens with one attached hydrogen (secondary N) is 1. The van der Waals surface area contributed by atoms with Gasteiger partial charge in [0.15, 0.2) is 0 Å². The summed E-state index contributed by atoms with van der Waals surface area (Å²) in [4.78, 5) is 12.9. The second-order valence-electron chi connectivity index (χ2n) is 7.26. The van der Waals surface area contributed by atoms with Crippen molar-refractivity contribution >= 4 is 22.4 Å². The molecule has 1 aliphatic heterocycles. The molecule has 0 radical (unpaired) electrons. The molecule has 1 N–H and O–H groups in total. The van der Waals surface area contributed by atoms with E-state index in [0.29, 0.717) is 13.0 Å². The maximum atomic E-state index is 12.9. The molecule has 1 atom stereocenters. The summed E-state index contributed by atoms with van der Waals surface area (Å²) in [5.41, 5.74) is 2.99. The highest BCUT2D eigenvalue weighted by Crippen LogP contribution is 2.34. The molecule has 3 aromatic carbocycles. The molecule has 0 spiro atoms. The van der Waals surface area contributed by atoms with Gasteiger partial charge in [0.1, 0.15) is 5.75 Å². The molecule has 1 heterocycles. The van der Waals surface area contributed by atoms with Gasteiger partial charge in [-0.25, -0.2) is 5.01 Å². The predicted molar refractivity (Wildman–Crippen MR) is 121 cm³/mol. The van der Waals surface area contributed by atoms with Crippen LogP contribution in [0.3, 0.4) is 0 Å². The highest BCUT2D eigenvalue weighted by atomic mass is 16.5. The van der Waals surface area contributed by atoms with Crippen LogP contribution >= 0.6 is 0 Å². The molecule has 0 unspecified atom stereocenters. The van der Waals surface area contributed by atoms with Crippen LogP contribution in [0.5, 0.6) is 5.75 Å². The molecule has 0 aromatic heterocycles. The number of hydrazone groups is 1. The Morgan fingerprint density at radius 1 is 1.17 bits per heavy atom. The van der Waals surface area contributed by atoms with Gasteiger partial charge >= 0.3 is 0 Å². The molecule has 3 aromatic rings. The lowest BCUT2D eigenvalue weighted by Crippen LogP contribution is -2.35. The topological polar surface area (TPSA) is 53.9 Å². The molecule has 0 aliphatic carbocycles. The van der Waals surface area contributed by atoms with Crippen molar-refractivity contribution in [3.05, 3.63) is 90.5 Å². The van der Waals surface area contributed by atoms with Gasteiger partial charge in [-0.05, 0) is 40.1 Å². The average molecular weight is 399 g/mol. The number of amides is 1. The SMILES string of the molecule is C=CCNCC(=O)N1N=C(c2ccc3ccccc3c2)C[C@H]1c1ccc(OC)cc1. The van der Waals surface area contributed by atoms with Gasteiger partial charge in [-0.3, -0.25) is 4.79 Å². The van der Waals surface area contributed by atoms with Crippen molar-refractivity contribution in [2.75, 3.05) is 20.2 Å². The molecule has 1 amide bonds. The monoisotopic (exact) mass is 399 g/mol. The number of hydrogen-bond donors (Lipinski definition) is 1. The van der Waals surface area contributed by atoms with E-state index in [2.05, 4.69) is 42.2 Å². The van der Waals surface area contributed by atoms with Crippen molar-refractivity contribution in [1.29, 1.82) is 0 Å². The molecule has 0 bridgehead atoms. The fourth-order valence-electron chi connectivity index (χ4n) is 3.73. The van der Waals surface area contributed by atoms with Gasteiger partial charge in [0.25, 0.3) is 5.91 Å². The van der Waals surface area contributed by atoms with Gasteiger partial charge in [0.05, 0.1) is 25.4 Å². The summed E-state index contributed by atoms with van der Waals surface area (Å²) in [6.45, 7) is 4.48. The minimum atomic E-state index is -0.143. The van der Waals surface area contributed by atoms with Crippen LogP contribution in [0.1, 0.15) is 23.6 Å². The van der Waals surface area contributed by atoms with Crippen LogP contribution in [0.25, 0.3) is 10.8 Å². The van der Waals surface area contributed by atoms with Crippen LogP contribution in [-0.4, -0.2) is 36.8 Å². The fraction of sp³-hybridized carbons (Fsp3) is 0.200. The van der Waals surface area contributed by atoms with Crippen molar-refractivity contribution in [3.63, 3.8) is 0 Å². The third-order valence-electron chi connectivity index (χ3n) is 5.31. The average Bonchev–Trinajstić information content (AvgIpc) is 3.24. The van der Waals surface area contributed by atoms with Gasteiger partial charge < -0.3 is 10.1 Å². The number of nitrogens with zero attached hydrogens (tertiary/aromatic N) is 2. The summed E-state index contributed by atoms with van der Waals surface area (Å²) < 4.78 is 5.27. The van der Waals surface area contributed by atoms with Gasteiger partial charge in [0, 0.05) is 13.0 Å². The van der Waals surface area contributed by atoms with E-state index >= 15 is 0 Å². The zero-order valence-electron chi connectivity index (χ0n) is 17.0. The Labute approximate surface area is 176 Å². The normalized spacial score (nSPS) is 15.8. The Bertz CT molecular complexity index is 1090. The second-order valence-corrected chi connectivity index (χ2v) is 7.26. The maximum absolute atomic E-state index is 12.9. The van der Waals surface area contributed by atoms with E-state index in [4.69, 9.17) is 9.84 Å².